The Kier molecular flexibility index (Phi) is 7.31. The molecule has 13 nitrogen and oxygen atoms in total. The van der Waals surface area contributed by atoms with E-state index in [1.165, 1.54) is 12.5 Å². The number of esters is 2. The molecule has 1 aromatic heterocycles. The number of fused-ring (bicyclic) bond motifs is 3. The lowest BCUT2D eigenvalue weighted by Crippen LogP contribution is -2.72. The van der Waals surface area contributed by atoms with E-state index in [9.17, 15) is 40.2 Å². The monoisotopic (exact) mass is 568 g/mol. The molecule has 11 atom stereocenters. The molecule has 4 aliphatic rings. The van der Waals surface area contributed by atoms with Crippen LogP contribution in [0.5, 0.6) is 0 Å². The van der Waals surface area contributed by atoms with Crippen LogP contribution in [0.1, 0.15) is 51.2 Å². The highest BCUT2D eigenvalue weighted by Crippen LogP contribution is 2.67. The first-order valence-corrected chi connectivity index (χ1v) is 13.3. The highest BCUT2D eigenvalue weighted by molar-refractivity contribution is 5.91. The van der Waals surface area contributed by atoms with Gasteiger partial charge in [0.05, 0.1) is 37.9 Å². The lowest BCUT2D eigenvalue weighted by molar-refractivity contribution is -0.338. The number of rotatable bonds is 5. The number of aliphatic hydroxyl groups is 6. The van der Waals surface area contributed by atoms with Crippen LogP contribution in [0.2, 0.25) is 0 Å². The Bertz CT molecular complexity index is 1160. The van der Waals surface area contributed by atoms with E-state index in [4.69, 9.17) is 23.4 Å². The van der Waals surface area contributed by atoms with Crippen LogP contribution in [0.25, 0.3) is 0 Å². The van der Waals surface area contributed by atoms with Crippen LogP contribution in [0, 0.1) is 16.7 Å². The molecular formula is C27H36O13. The van der Waals surface area contributed by atoms with Crippen LogP contribution in [-0.4, -0.2) is 98.7 Å². The van der Waals surface area contributed by atoms with Gasteiger partial charge in [0.15, 0.2) is 11.9 Å². The molecule has 0 amide bonds. The van der Waals surface area contributed by atoms with Crippen LogP contribution in [-0.2, 0) is 28.5 Å². The summed E-state index contributed by atoms with van der Waals surface area (Å²) in [6.45, 7) is 2.70. The highest BCUT2D eigenvalue weighted by Gasteiger charge is 2.73. The number of cyclic esters (lactones) is 1. The van der Waals surface area contributed by atoms with E-state index >= 15 is 0 Å². The van der Waals surface area contributed by atoms with E-state index in [0.717, 1.165) is 7.11 Å². The van der Waals surface area contributed by atoms with Gasteiger partial charge < -0.3 is 54.0 Å². The third-order valence-corrected chi connectivity index (χ3v) is 9.73. The Morgan fingerprint density at radius 1 is 1.15 bits per heavy atom. The minimum absolute atomic E-state index is 0.0640. The van der Waals surface area contributed by atoms with Crippen LogP contribution in [0.15, 0.2) is 34.3 Å². The van der Waals surface area contributed by atoms with Crippen molar-refractivity contribution in [1.82, 2.24) is 0 Å². The van der Waals surface area contributed by atoms with Crippen molar-refractivity contribution < 1.29 is 63.6 Å². The van der Waals surface area contributed by atoms with Crippen molar-refractivity contribution in [3.05, 3.63) is 35.5 Å². The smallest absolute Gasteiger partial charge is 0.339 e. The topological polar surface area (TPSA) is 206 Å². The van der Waals surface area contributed by atoms with Gasteiger partial charge >= 0.3 is 11.9 Å². The summed E-state index contributed by atoms with van der Waals surface area (Å²) in [6, 6.07) is 1.66. The molecule has 0 unspecified atom stereocenters. The normalized spacial score (nSPS) is 45.4. The van der Waals surface area contributed by atoms with Gasteiger partial charge in [-0.05, 0) is 24.8 Å². The number of furan rings is 1. The Balaban J connectivity index is 1.61. The Hall–Kier alpha value is -2.52. The maximum atomic E-state index is 13.6. The molecule has 2 aliphatic heterocycles. The summed E-state index contributed by atoms with van der Waals surface area (Å²) in [6.07, 6.45) is -7.17. The molecule has 0 spiro atoms. The molecule has 0 bridgehead atoms. The van der Waals surface area contributed by atoms with Crippen molar-refractivity contribution in [3.63, 3.8) is 0 Å². The number of ether oxygens (including phenoxy) is 4. The maximum Gasteiger partial charge on any atom is 0.339 e. The zero-order chi connectivity index (χ0) is 29.2. The van der Waals surface area contributed by atoms with E-state index in [0.29, 0.717) is 5.56 Å². The number of carbonyl (C=O) groups is 2. The van der Waals surface area contributed by atoms with Gasteiger partial charge in [0.2, 0.25) is 0 Å². The molecule has 2 saturated heterocycles. The third-order valence-electron chi connectivity index (χ3n) is 9.73. The third kappa shape index (κ3) is 4.02. The number of carbonyl (C=O) groups excluding carboxylic acids is 2. The maximum absolute atomic E-state index is 13.6. The summed E-state index contributed by atoms with van der Waals surface area (Å²) in [4.78, 5) is 26.7. The minimum Gasteiger partial charge on any atom is -0.512 e. The zero-order valence-corrected chi connectivity index (χ0v) is 22.4. The average molecular weight is 569 g/mol. The van der Waals surface area contributed by atoms with E-state index in [1.807, 2.05) is 0 Å². The van der Waals surface area contributed by atoms with Crippen molar-refractivity contribution in [3.8, 4) is 0 Å². The first kappa shape index (κ1) is 29.0. The SMILES string of the molecule is COC(=O)C1=C(O)CC[C@@H]2[C@@]1(C)[C@@H](O[C@@H]1O[C@H](CO)[C@@H](O)[C@H](O)[C@H]1O)C[C@@]1(O)C(=O)O[C@H](c3ccoc3)C[C@@]21C. The molecule has 1 saturated carbocycles. The van der Waals surface area contributed by atoms with Crippen molar-refractivity contribution in [1.29, 1.82) is 0 Å². The molecular weight excluding hydrogens is 532 g/mol. The van der Waals surface area contributed by atoms with E-state index in [-0.39, 0.29) is 30.6 Å². The fourth-order valence-corrected chi connectivity index (χ4v) is 7.45. The standard InChI is InChI=1S/C27H36O13/c1-25-8-14(12-6-7-37-11-12)39-24(34)27(25,35)9-17(40-23-21(32)20(31)19(30)15(10-28)38-23)26(2)16(25)5-4-13(29)18(26)22(33)36-3/h6-7,11,14-17,19-21,23,28-32,35H,4-5,8-10H2,1-3H3/t14-,15+,16-,17-,19+,20-,21+,23-,25-,26-,27+/m0/s1. The second-order valence-electron chi connectivity index (χ2n) is 11.6. The van der Waals surface area contributed by atoms with Gasteiger partial charge in [-0.3, -0.25) is 0 Å². The van der Waals surface area contributed by atoms with Crippen LogP contribution in [0.4, 0.5) is 0 Å². The molecule has 0 aromatic carbocycles. The van der Waals surface area contributed by atoms with E-state index in [1.54, 1.807) is 19.9 Å². The van der Waals surface area contributed by atoms with Gasteiger partial charge in [-0.25, -0.2) is 9.59 Å². The summed E-state index contributed by atoms with van der Waals surface area (Å²) in [7, 11) is 1.16. The Labute approximate surface area is 229 Å². The van der Waals surface area contributed by atoms with E-state index in [2.05, 4.69) is 0 Å². The summed E-state index contributed by atoms with van der Waals surface area (Å²) >= 11 is 0. The van der Waals surface area contributed by atoms with Crippen molar-refractivity contribution >= 4 is 11.9 Å². The quantitative estimate of drug-likeness (QED) is 0.259. The van der Waals surface area contributed by atoms with Crippen molar-refractivity contribution in [2.75, 3.05) is 13.7 Å². The summed E-state index contributed by atoms with van der Waals surface area (Å²) in [5.74, 6) is -2.63. The highest BCUT2D eigenvalue weighted by atomic mass is 16.7. The summed E-state index contributed by atoms with van der Waals surface area (Å²) in [5, 5.41) is 63.9. The minimum atomic E-state index is -2.12. The Morgan fingerprint density at radius 2 is 1.88 bits per heavy atom. The van der Waals surface area contributed by atoms with E-state index < -0.39 is 90.2 Å². The molecule has 13 heteroatoms. The second kappa shape index (κ2) is 10.1. The van der Waals surface area contributed by atoms with Crippen molar-refractivity contribution in [2.24, 2.45) is 16.7 Å². The number of aliphatic hydroxyl groups excluding tert-OH is 5. The molecule has 3 heterocycles. The molecule has 5 rings (SSSR count). The molecule has 40 heavy (non-hydrogen) atoms. The molecule has 3 fully saturated rings. The largest absolute Gasteiger partial charge is 0.512 e. The van der Waals surface area contributed by atoms with Gasteiger partial charge in [-0.2, -0.15) is 0 Å². The van der Waals surface area contributed by atoms with Gasteiger partial charge in [0, 0.05) is 29.2 Å². The predicted molar refractivity (Wildman–Crippen MR) is 131 cm³/mol. The van der Waals surface area contributed by atoms with Gasteiger partial charge in [-0.15, -0.1) is 0 Å². The lowest BCUT2D eigenvalue weighted by atomic mass is 9.43. The first-order valence-electron chi connectivity index (χ1n) is 13.3. The number of methoxy groups -OCH3 is 1. The summed E-state index contributed by atoms with van der Waals surface area (Å²) < 4.78 is 27.6. The average Bonchev–Trinajstić information content (AvgIpc) is 3.46. The van der Waals surface area contributed by atoms with Crippen molar-refractivity contribution in [2.45, 2.75) is 88.0 Å². The molecule has 0 radical (unpaired) electrons. The Morgan fingerprint density at radius 3 is 2.50 bits per heavy atom. The van der Waals surface area contributed by atoms with Gasteiger partial charge in [-0.1, -0.05) is 13.8 Å². The fraction of sp³-hybridized carbons (Fsp3) is 0.704. The molecule has 2 aliphatic carbocycles. The number of hydrogen-bond donors (Lipinski definition) is 6. The number of allylic oxidation sites excluding steroid dienone is 1. The zero-order valence-electron chi connectivity index (χ0n) is 22.4. The van der Waals surface area contributed by atoms with Gasteiger partial charge in [0.1, 0.15) is 36.3 Å². The summed E-state index contributed by atoms with van der Waals surface area (Å²) in [5.41, 5.74) is -4.21. The van der Waals surface area contributed by atoms with Crippen LogP contribution < -0.4 is 0 Å². The first-order chi connectivity index (χ1) is 18.8. The number of hydrogen-bond acceptors (Lipinski definition) is 13. The van der Waals surface area contributed by atoms with Crippen LogP contribution >= 0.6 is 0 Å². The lowest BCUT2D eigenvalue weighted by Gasteiger charge is -2.65. The molecule has 1 aromatic rings. The fourth-order valence-electron chi connectivity index (χ4n) is 7.45. The molecule has 222 valence electrons. The van der Waals surface area contributed by atoms with Crippen LogP contribution in [0.3, 0.4) is 0 Å². The van der Waals surface area contributed by atoms with Gasteiger partial charge in [0.25, 0.3) is 0 Å². The molecule has 6 N–H and O–H groups in total. The second-order valence-corrected chi connectivity index (χ2v) is 11.6. The predicted octanol–water partition coefficient (Wildman–Crippen LogP) is -0.00480.